The Labute approximate surface area is 88.3 Å². The standard InChI is InChI=1S/C12H26FN/c1-4-7-8-11(5-2)9-12(13,6-3)10-14/h11H,4-10,14H2,1-3H3. The van der Waals surface area contributed by atoms with Gasteiger partial charge in [-0.1, -0.05) is 46.5 Å². The average Bonchev–Trinajstić information content (AvgIpc) is 2.23. The van der Waals surface area contributed by atoms with Gasteiger partial charge >= 0.3 is 0 Å². The Balaban J connectivity index is 4.00. The topological polar surface area (TPSA) is 26.0 Å². The zero-order valence-corrected chi connectivity index (χ0v) is 9.98. The number of hydrogen-bond donors (Lipinski definition) is 1. The molecule has 2 atom stereocenters. The molecule has 0 spiro atoms. The van der Waals surface area contributed by atoms with Crippen molar-refractivity contribution in [2.45, 2.75) is 65.0 Å². The molecule has 0 amide bonds. The Morgan fingerprint density at radius 3 is 2.29 bits per heavy atom. The Morgan fingerprint density at radius 1 is 1.29 bits per heavy atom. The van der Waals surface area contributed by atoms with Crippen LogP contribution in [0.2, 0.25) is 0 Å². The number of nitrogens with two attached hydrogens (primary N) is 1. The fourth-order valence-electron chi connectivity index (χ4n) is 1.83. The Hall–Kier alpha value is -0.110. The van der Waals surface area contributed by atoms with Crippen molar-refractivity contribution >= 4 is 0 Å². The molecule has 2 N–H and O–H groups in total. The third-order valence-electron chi connectivity index (χ3n) is 3.20. The van der Waals surface area contributed by atoms with Gasteiger partial charge in [-0.25, -0.2) is 4.39 Å². The van der Waals surface area contributed by atoms with E-state index in [0.717, 1.165) is 12.8 Å². The molecular weight excluding hydrogens is 177 g/mol. The van der Waals surface area contributed by atoms with Crippen LogP contribution in [0.25, 0.3) is 0 Å². The first-order valence-corrected chi connectivity index (χ1v) is 6.00. The molecular formula is C12H26FN. The molecule has 0 heterocycles. The highest BCUT2D eigenvalue weighted by atomic mass is 19.1. The minimum absolute atomic E-state index is 0.173. The summed E-state index contributed by atoms with van der Waals surface area (Å²) in [6, 6.07) is 0. The molecule has 0 saturated heterocycles. The molecule has 0 bridgehead atoms. The predicted molar refractivity (Wildman–Crippen MR) is 61.1 cm³/mol. The molecule has 86 valence electrons. The highest BCUT2D eigenvalue weighted by Crippen LogP contribution is 2.28. The van der Waals surface area contributed by atoms with Crippen molar-refractivity contribution in [3.05, 3.63) is 0 Å². The minimum atomic E-state index is -1.12. The Kier molecular flexibility index (Phi) is 7.16. The summed E-state index contributed by atoms with van der Waals surface area (Å²) in [6.45, 7) is 6.39. The first-order chi connectivity index (χ1) is 6.61. The van der Waals surface area contributed by atoms with Crippen LogP contribution >= 0.6 is 0 Å². The normalized spacial score (nSPS) is 17.8. The van der Waals surface area contributed by atoms with Gasteiger partial charge in [-0.05, 0) is 18.8 Å². The summed E-state index contributed by atoms with van der Waals surface area (Å²) in [7, 11) is 0. The van der Waals surface area contributed by atoms with Gasteiger partial charge in [0.25, 0.3) is 0 Å². The molecule has 0 aliphatic rings. The zero-order valence-electron chi connectivity index (χ0n) is 9.98. The molecule has 0 aliphatic heterocycles. The SMILES string of the molecule is CCCCC(CC)CC(F)(CC)CN. The van der Waals surface area contributed by atoms with Gasteiger partial charge in [0, 0.05) is 6.54 Å². The third-order valence-corrected chi connectivity index (χ3v) is 3.20. The summed E-state index contributed by atoms with van der Waals surface area (Å²) in [4.78, 5) is 0. The molecule has 0 aromatic heterocycles. The first-order valence-electron chi connectivity index (χ1n) is 6.00. The molecule has 2 heteroatoms. The summed E-state index contributed by atoms with van der Waals surface area (Å²) in [6.07, 6.45) is 5.83. The van der Waals surface area contributed by atoms with Crippen molar-refractivity contribution < 1.29 is 4.39 Å². The van der Waals surface area contributed by atoms with Gasteiger partial charge < -0.3 is 5.73 Å². The monoisotopic (exact) mass is 203 g/mol. The first kappa shape index (κ1) is 13.9. The molecule has 0 rings (SSSR count). The molecule has 14 heavy (non-hydrogen) atoms. The number of halogens is 1. The van der Waals surface area contributed by atoms with Crippen molar-refractivity contribution in [3.63, 3.8) is 0 Å². The van der Waals surface area contributed by atoms with E-state index in [-0.39, 0.29) is 6.54 Å². The van der Waals surface area contributed by atoms with E-state index in [0.29, 0.717) is 18.8 Å². The second-order valence-corrected chi connectivity index (χ2v) is 4.33. The lowest BCUT2D eigenvalue weighted by Gasteiger charge is -2.27. The lowest BCUT2D eigenvalue weighted by molar-refractivity contribution is 0.121. The number of alkyl halides is 1. The molecule has 0 aromatic carbocycles. The molecule has 0 aliphatic carbocycles. The maximum absolute atomic E-state index is 14.0. The molecule has 1 nitrogen and oxygen atoms in total. The van der Waals surface area contributed by atoms with Crippen LogP contribution in [0.1, 0.15) is 59.3 Å². The average molecular weight is 203 g/mol. The zero-order chi connectivity index (χ0) is 11.0. The van der Waals surface area contributed by atoms with Crippen LogP contribution in [0.4, 0.5) is 4.39 Å². The van der Waals surface area contributed by atoms with Gasteiger partial charge in [-0.3, -0.25) is 0 Å². The summed E-state index contributed by atoms with van der Waals surface area (Å²) in [5.41, 5.74) is 4.36. The van der Waals surface area contributed by atoms with E-state index in [4.69, 9.17) is 5.73 Å². The smallest absolute Gasteiger partial charge is 0.123 e. The highest BCUT2D eigenvalue weighted by Gasteiger charge is 2.28. The largest absolute Gasteiger partial charge is 0.328 e. The second kappa shape index (κ2) is 7.22. The van der Waals surface area contributed by atoms with Gasteiger partial charge in [0.1, 0.15) is 5.67 Å². The Bertz CT molecular complexity index is 132. The van der Waals surface area contributed by atoms with E-state index < -0.39 is 5.67 Å². The van der Waals surface area contributed by atoms with Crippen molar-refractivity contribution in [1.29, 1.82) is 0 Å². The number of rotatable bonds is 8. The molecule has 0 aromatic rings. The predicted octanol–water partition coefficient (Wildman–Crippen LogP) is 3.67. The lowest BCUT2D eigenvalue weighted by Crippen LogP contribution is -2.34. The van der Waals surface area contributed by atoms with Crippen LogP contribution in [0.5, 0.6) is 0 Å². The van der Waals surface area contributed by atoms with E-state index >= 15 is 0 Å². The van der Waals surface area contributed by atoms with Crippen LogP contribution in [0.3, 0.4) is 0 Å². The van der Waals surface area contributed by atoms with Crippen molar-refractivity contribution in [3.8, 4) is 0 Å². The second-order valence-electron chi connectivity index (χ2n) is 4.33. The van der Waals surface area contributed by atoms with Crippen LogP contribution in [0.15, 0.2) is 0 Å². The van der Waals surface area contributed by atoms with E-state index in [1.54, 1.807) is 0 Å². The fraction of sp³-hybridized carbons (Fsp3) is 1.00. The summed E-state index contributed by atoms with van der Waals surface area (Å²) in [5.74, 6) is 0.517. The van der Waals surface area contributed by atoms with E-state index in [9.17, 15) is 4.39 Å². The minimum Gasteiger partial charge on any atom is -0.328 e. The highest BCUT2D eigenvalue weighted by molar-refractivity contribution is 4.81. The maximum Gasteiger partial charge on any atom is 0.123 e. The number of unbranched alkanes of at least 4 members (excludes halogenated alkanes) is 1. The molecule has 0 fully saturated rings. The van der Waals surface area contributed by atoms with Gasteiger partial charge in [-0.2, -0.15) is 0 Å². The van der Waals surface area contributed by atoms with Crippen LogP contribution in [0, 0.1) is 5.92 Å². The van der Waals surface area contributed by atoms with Crippen molar-refractivity contribution in [2.75, 3.05) is 6.54 Å². The van der Waals surface area contributed by atoms with E-state index in [1.165, 1.54) is 12.8 Å². The van der Waals surface area contributed by atoms with Crippen molar-refractivity contribution in [1.82, 2.24) is 0 Å². The van der Waals surface area contributed by atoms with E-state index in [2.05, 4.69) is 13.8 Å². The lowest BCUT2D eigenvalue weighted by atomic mass is 9.85. The van der Waals surface area contributed by atoms with Crippen LogP contribution in [-0.2, 0) is 0 Å². The Morgan fingerprint density at radius 2 is 1.93 bits per heavy atom. The summed E-state index contributed by atoms with van der Waals surface area (Å²) < 4.78 is 14.0. The van der Waals surface area contributed by atoms with Gasteiger partial charge in [0.2, 0.25) is 0 Å². The molecule has 0 radical (unpaired) electrons. The number of hydrogen-bond acceptors (Lipinski definition) is 1. The fourth-order valence-corrected chi connectivity index (χ4v) is 1.83. The maximum atomic E-state index is 14.0. The summed E-state index contributed by atoms with van der Waals surface area (Å²) in [5, 5.41) is 0. The quantitative estimate of drug-likeness (QED) is 0.640. The van der Waals surface area contributed by atoms with Crippen LogP contribution < -0.4 is 5.73 Å². The van der Waals surface area contributed by atoms with Gasteiger partial charge in [-0.15, -0.1) is 0 Å². The van der Waals surface area contributed by atoms with Crippen molar-refractivity contribution in [2.24, 2.45) is 11.7 Å². The van der Waals surface area contributed by atoms with Gasteiger partial charge in [0.05, 0.1) is 0 Å². The van der Waals surface area contributed by atoms with Gasteiger partial charge in [0.15, 0.2) is 0 Å². The van der Waals surface area contributed by atoms with E-state index in [1.807, 2.05) is 6.92 Å². The molecule has 2 unspecified atom stereocenters. The third kappa shape index (κ3) is 4.94. The van der Waals surface area contributed by atoms with Crippen LogP contribution in [-0.4, -0.2) is 12.2 Å². The molecule has 0 saturated carbocycles. The summed E-state index contributed by atoms with van der Waals surface area (Å²) >= 11 is 0.